The number of ether oxygens (including phenoxy) is 1. The second-order valence-corrected chi connectivity index (χ2v) is 4.60. The third-order valence-corrected chi connectivity index (χ3v) is 3.16. The lowest BCUT2D eigenvalue weighted by Gasteiger charge is -2.14. The van der Waals surface area contributed by atoms with Gasteiger partial charge >= 0.3 is 0 Å². The van der Waals surface area contributed by atoms with Crippen molar-refractivity contribution in [3.8, 4) is 0 Å². The molecule has 1 atom stereocenters. The molecular formula is C11H12ClN3OS. The molecule has 90 valence electrons. The van der Waals surface area contributed by atoms with Crippen molar-refractivity contribution in [2.75, 3.05) is 19.0 Å². The molecule has 2 heterocycles. The number of anilines is 1. The molecule has 0 radical (unpaired) electrons. The first-order valence-electron chi connectivity index (χ1n) is 5.06. The average Bonchev–Trinajstić information content (AvgIpc) is 2.86. The topological polar surface area (TPSA) is 47.0 Å². The number of nitrogens with zero attached hydrogens (tertiary/aromatic N) is 2. The largest absolute Gasteiger partial charge is 0.375 e. The second-order valence-electron chi connectivity index (χ2n) is 3.39. The first-order chi connectivity index (χ1) is 8.29. The van der Waals surface area contributed by atoms with Crippen LogP contribution >= 0.6 is 22.9 Å². The summed E-state index contributed by atoms with van der Waals surface area (Å²) >= 11 is 7.36. The van der Waals surface area contributed by atoms with Gasteiger partial charge < -0.3 is 10.1 Å². The van der Waals surface area contributed by atoms with Crippen molar-refractivity contribution in [3.05, 3.63) is 39.8 Å². The zero-order valence-electron chi connectivity index (χ0n) is 9.26. The molecule has 17 heavy (non-hydrogen) atoms. The van der Waals surface area contributed by atoms with Crippen LogP contribution in [0.4, 0.5) is 5.95 Å². The lowest BCUT2D eigenvalue weighted by Crippen LogP contribution is -2.15. The third kappa shape index (κ3) is 3.39. The highest BCUT2D eigenvalue weighted by Crippen LogP contribution is 2.19. The summed E-state index contributed by atoms with van der Waals surface area (Å²) in [5.41, 5.74) is 1.15. The van der Waals surface area contributed by atoms with E-state index in [0.29, 0.717) is 17.5 Å². The SMILES string of the molecule is COC(CNc1ncc(Cl)cn1)c1ccsc1. The molecule has 0 saturated heterocycles. The predicted molar refractivity (Wildman–Crippen MR) is 69.6 cm³/mol. The van der Waals surface area contributed by atoms with Gasteiger partial charge in [-0.1, -0.05) is 11.6 Å². The smallest absolute Gasteiger partial charge is 0.222 e. The van der Waals surface area contributed by atoms with Crippen LogP contribution in [-0.4, -0.2) is 23.6 Å². The zero-order chi connectivity index (χ0) is 12.1. The number of hydrogen-bond donors (Lipinski definition) is 1. The Labute approximate surface area is 109 Å². The highest BCUT2D eigenvalue weighted by molar-refractivity contribution is 7.07. The van der Waals surface area contributed by atoms with E-state index in [1.54, 1.807) is 30.8 Å². The average molecular weight is 270 g/mol. The van der Waals surface area contributed by atoms with Gasteiger partial charge in [-0.25, -0.2) is 9.97 Å². The lowest BCUT2D eigenvalue weighted by atomic mass is 10.2. The number of thiophene rings is 1. The summed E-state index contributed by atoms with van der Waals surface area (Å²) in [7, 11) is 1.69. The molecule has 0 aliphatic carbocycles. The minimum Gasteiger partial charge on any atom is -0.375 e. The molecule has 2 aromatic rings. The number of aromatic nitrogens is 2. The fourth-order valence-corrected chi connectivity index (χ4v) is 2.18. The molecule has 0 bridgehead atoms. The molecule has 0 aliphatic rings. The van der Waals surface area contributed by atoms with E-state index in [-0.39, 0.29) is 6.10 Å². The minimum absolute atomic E-state index is 0.000489. The maximum atomic E-state index is 5.71. The monoisotopic (exact) mass is 269 g/mol. The van der Waals surface area contributed by atoms with Gasteiger partial charge in [0.2, 0.25) is 5.95 Å². The van der Waals surface area contributed by atoms with Crippen LogP contribution in [0.15, 0.2) is 29.2 Å². The summed E-state index contributed by atoms with van der Waals surface area (Å²) in [4.78, 5) is 8.12. The summed E-state index contributed by atoms with van der Waals surface area (Å²) in [6.45, 7) is 0.620. The van der Waals surface area contributed by atoms with Gasteiger partial charge in [-0.05, 0) is 22.4 Å². The van der Waals surface area contributed by atoms with Crippen molar-refractivity contribution in [1.82, 2.24) is 9.97 Å². The Bertz CT molecular complexity index is 446. The van der Waals surface area contributed by atoms with Crippen LogP contribution in [-0.2, 0) is 4.74 Å². The van der Waals surface area contributed by atoms with E-state index in [1.807, 2.05) is 11.4 Å². The number of nitrogens with one attached hydrogen (secondary N) is 1. The molecule has 6 heteroatoms. The highest BCUT2D eigenvalue weighted by atomic mass is 35.5. The van der Waals surface area contributed by atoms with Gasteiger partial charge in [0.15, 0.2) is 0 Å². The fraction of sp³-hybridized carbons (Fsp3) is 0.273. The van der Waals surface area contributed by atoms with Crippen LogP contribution in [0.3, 0.4) is 0 Å². The third-order valence-electron chi connectivity index (χ3n) is 2.27. The Morgan fingerprint density at radius 2 is 2.24 bits per heavy atom. The zero-order valence-corrected chi connectivity index (χ0v) is 10.8. The summed E-state index contributed by atoms with van der Waals surface area (Å²) < 4.78 is 5.40. The van der Waals surface area contributed by atoms with E-state index in [9.17, 15) is 0 Å². The lowest BCUT2D eigenvalue weighted by molar-refractivity contribution is 0.114. The predicted octanol–water partition coefficient (Wildman–Crippen LogP) is 2.99. The first kappa shape index (κ1) is 12.3. The molecule has 0 amide bonds. The maximum Gasteiger partial charge on any atom is 0.222 e. The van der Waals surface area contributed by atoms with E-state index in [2.05, 4.69) is 20.7 Å². The molecule has 0 aliphatic heterocycles. The Kier molecular flexibility index (Phi) is 4.30. The van der Waals surface area contributed by atoms with Crippen LogP contribution in [0.25, 0.3) is 0 Å². The van der Waals surface area contributed by atoms with Crippen molar-refractivity contribution in [2.45, 2.75) is 6.10 Å². The molecule has 0 fully saturated rings. The summed E-state index contributed by atoms with van der Waals surface area (Å²) in [5.74, 6) is 0.548. The van der Waals surface area contributed by atoms with Crippen LogP contribution in [0.5, 0.6) is 0 Å². The summed E-state index contributed by atoms with van der Waals surface area (Å²) in [6, 6.07) is 2.04. The van der Waals surface area contributed by atoms with Crippen LogP contribution in [0.2, 0.25) is 5.02 Å². The number of rotatable bonds is 5. The Morgan fingerprint density at radius 3 is 2.82 bits per heavy atom. The quantitative estimate of drug-likeness (QED) is 0.906. The van der Waals surface area contributed by atoms with Gasteiger partial charge in [-0.3, -0.25) is 0 Å². The van der Waals surface area contributed by atoms with Gasteiger partial charge in [0, 0.05) is 13.7 Å². The molecular weight excluding hydrogens is 258 g/mol. The molecule has 4 nitrogen and oxygen atoms in total. The van der Waals surface area contributed by atoms with Gasteiger partial charge in [-0.2, -0.15) is 11.3 Å². The Morgan fingerprint density at radius 1 is 1.47 bits per heavy atom. The van der Waals surface area contributed by atoms with Crippen LogP contribution in [0.1, 0.15) is 11.7 Å². The molecule has 1 N–H and O–H groups in total. The highest BCUT2D eigenvalue weighted by Gasteiger charge is 2.10. The molecule has 0 aromatic carbocycles. The van der Waals surface area contributed by atoms with Crippen molar-refractivity contribution in [1.29, 1.82) is 0 Å². The number of halogens is 1. The van der Waals surface area contributed by atoms with Crippen molar-refractivity contribution in [3.63, 3.8) is 0 Å². The number of methoxy groups -OCH3 is 1. The second kappa shape index (κ2) is 5.95. The first-order valence-corrected chi connectivity index (χ1v) is 6.38. The van der Waals surface area contributed by atoms with Crippen molar-refractivity contribution < 1.29 is 4.74 Å². The summed E-state index contributed by atoms with van der Waals surface area (Å²) in [5, 5.41) is 7.73. The molecule has 1 unspecified atom stereocenters. The summed E-state index contributed by atoms with van der Waals surface area (Å²) in [6.07, 6.45) is 3.12. The minimum atomic E-state index is 0.000489. The molecule has 0 saturated carbocycles. The molecule has 0 spiro atoms. The fourth-order valence-electron chi connectivity index (χ4n) is 1.38. The standard InChI is InChI=1S/C11H12ClN3OS/c1-16-10(8-2-3-17-7-8)6-15-11-13-4-9(12)5-14-11/h2-5,7,10H,6H2,1H3,(H,13,14,15). The van der Waals surface area contributed by atoms with Crippen LogP contribution < -0.4 is 5.32 Å². The van der Waals surface area contributed by atoms with Gasteiger partial charge in [0.1, 0.15) is 6.10 Å². The Balaban J connectivity index is 1.94. The molecule has 2 aromatic heterocycles. The van der Waals surface area contributed by atoms with E-state index in [1.165, 1.54) is 0 Å². The molecule has 2 rings (SSSR count). The van der Waals surface area contributed by atoms with Gasteiger partial charge in [-0.15, -0.1) is 0 Å². The van der Waals surface area contributed by atoms with Crippen LogP contribution in [0, 0.1) is 0 Å². The Hall–Kier alpha value is -1.17. The van der Waals surface area contributed by atoms with Crippen molar-refractivity contribution >= 4 is 28.9 Å². The van der Waals surface area contributed by atoms with Gasteiger partial charge in [0.05, 0.1) is 17.4 Å². The van der Waals surface area contributed by atoms with E-state index in [0.717, 1.165) is 5.56 Å². The van der Waals surface area contributed by atoms with Gasteiger partial charge in [0.25, 0.3) is 0 Å². The maximum absolute atomic E-state index is 5.71. The van der Waals surface area contributed by atoms with E-state index >= 15 is 0 Å². The number of hydrogen-bond acceptors (Lipinski definition) is 5. The van der Waals surface area contributed by atoms with E-state index < -0.39 is 0 Å². The normalized spacial score (nSPS) is 12.4. The van der Waals surface area contributed by atoms with Crippen molar-refractivity contribution in [2.24, 2.45) is 0 Å². The van der Waals surface area contributed by atoms with E-state index in [4.69, 9.17) is 16.3 Å².